The summed E-state index contributed by atoms with van der Waals surface area (Å²) in [4.78, 5) is 15.4. The first kappa shape index (κ1) is 22.3. The van der Waals surface area contributed by atoms with Crippen LogP contribution in [0.2, 0.25) is 0 Å². The molecule has 0 aliphatic rings. The zero-order valence-corrected chi connectivity index (χ0v) is 18.0. The first-order valence-corrected chi connectivity index (χ1v) is 9.85. The van der Waals surface area contributed by atoms with E-state index in [1.165, 1.54) is 12.5 Å². The Bertz CT molecular complexity index is 824. The molecule has 0 spiro atoms. The highest BCUT2D eigenvalue weighted by molar-refractivity contribution is 5.88. The SMILES string of the molecule is CN=C(NCCc1ccc(NC(C)=O)cc1)NCc1ccccc1OC(C)(C)C. The van der Waals surface area contributed by atoms with Gasteiger partial charge in [-0.05, 0) is 51.0 Å². The van der Waals surface area contributed by atoms with E-state index in [4.69, 9.17) is 4.74 Å². The second kappa shape index (κ2) is 10.5. The molecule has 0 saturated carbocycles. The Balaban J connectivity index is 1.84. The number of carbonyl (C=O) groups excluding carboxylic acids is 1. The van der Waals surface area contributed by atoms with Crippen molar-refractivity contribution >= 4 is 17.6 Å². The van der Waals surface area contributed by atoms with E-state index in [1.807, 2.05) is 63.2 Å². The summed E-state index contributed by atoms with van der Waals surface area (Å²) >= 11 is 0. The van der Waals surface area contributed by atoms with Crippen LogP contribution in [0, 0.1) is 0 Å². The molecule has 0 aromatic heterocycles. The minimum Gasteiger partial charge on any atom is -0.488 e. The molecule has 0 radical (unpaired) electrons. The number of hydrogen-bond donors (Lipinski definition) is 3. The summed E-state index contributed by atoms with van der Waals surface area (Å²) in [5, 5.41) is 9.44. The van der Waals surface area contributed by atoms with Crippen molar-refractivity contribution in [2.24, 2.45) is 4.99 Å². The van der Waals surface area contributed by atoms with E-state index < -0.39 is 0 Å². The lowest BCUT2D eigenvalue weighted by Gasteiger charge is -2.23. The normalized spacial score (nSPS) is 11.7. The number of aliphatic imine (C=N–C) groups is 1. The van der Waals surface area contributed by atoms with Gasteiger partial charge in [0, 0.05) is 38.3 Å². The van der Waals surface area contributed by atoms with Gasteiger partial charge < -0.3 is 20.7 Å². The number of para-hydroxylation sites is 1. The van der Waals surface area contributed by atoms with Crippen molar-refractivity contribution in [3.05, 3.63) is 59.7 Å². The number of guanidine groups is 1. The summed E-state index contributed by atoms with van der Waals surface area (Å²) < 4.78 is 6.04. The molecule has 0 bridgehead atoms. The average Bonchev–Trinajstić information content (AvgIpc) is 2.65. The van der Waals surface area contributed by atoms with Crippen molar-refractivity contribution in [3.63, 3.8) is 0 Å². The van der Waals surface area contributed by atoms with Gasteiger partial charge in [0.25, 0.3) is 0 Å². The maximum atomic E-state index is 11.1. The summed E-state index contributed by atoms with van der Waals surface area (Å²) in [6.07, 6.45) is 0.852. The first-order valence-electron chi connectivity index (χ1n) is 9.85. The molecule has 0 fully saturated rings. The monoisotopic (exact) mass is 396 g/mol. The third kappa shape index (κ3) is 8.25. The smallest absolute Gasteiger partial charge is 0.221 e. The van der Waals surface area contributed by atoms with Gasteiger partial charge in [-0.2, -0.15) is 0 Å². The molecule has 156 valence electrons. The van der Waals surface area contributed by atoms with Gasteiger partial charge in [-0.15, -0.1) is 0 Å². The van der Waals surface area contributed by atoms with Gasteiger partial charge in [-0.3, -0.25) is 9.79 Å². The molecule has 2 aromatic rings. The van der Waals surface area contributed by atoms with Crippen LogP contribution in [0.1, 0.15) is 38.8 Å². The summed E-state index contributed by atoms with van der Waals surface area (Å²) in [6, 6.07) is 15.9. The number of rotatable bonds is 7. The third-order valence-corrected chi connectivity index (χ3v) is 4.04. The molecular weight excluding hydrogens is 364 g/mol. The molecule has 3 N–H and O–H groups in total. The number of carbonyl (C=O) groups is 1. The standard InChI is InChI=1S/C23H32N4O2/c1-17(28)27-20-12-10-18(11-13-20)14-15-25-22(24-5)26-16-19-8-6-7-9-21(19)29-23(2,3)4/h6-13H,14-16H2,1-5H3,(H,27,28)(H2,24,25,26). The van der Waals surface area contributed by atoms with Crippen molar-refractivity contribution in [1.82, 2.24) is 10.6 Å². The maximum Gasteiger partial charge on any atom is 0.221 e. The van der Waals surface area contributed by atoms with E-state index in [0.29, 0.717) is 6.54 Å². The fraction of sp³-hybridized carbons (Fsp3) is 0.391. The lowest BCUT2D eigenvalue weighted by molar-refractivity contribution is -0.114. The van der Waals surface area contributed by atoms with Crippen LogP contribution in [0.5, 0.6) is 5.75 Å². The molecule has 29 heavy (non-hydrogen) atoms. The molecule has 0 unspecified atom stereocenters. The predicted molar refractivity (Wildman–Crippen MR) is 119 cm³/mol. The Morgan fingerprint density at radius 1 is 1.03 bits per heavy atom. The zero-order valence-electron chi connectivity index (χ0n) is 18.0. The Hall–Kier alpha value is -3.02. The van der Waals surface area contributed by atoms with Crippen LogP contribution in [0.4, 0.5) is 5.69 Å². The highest BCUT2D eigenvalue weighted by atomic mass is 16.5. The lowest BCUT2D eigenvalue weighted by Crippen LogP contribution is -2.38. The van der Waals surface area contributed by atoms with Gasteiger partial charge in [0.05, 0.1) is 0 Å². The predicted octanol–water partition coefficient (Wildman–Crippen LogP) is 3.73. The summed E-state index contributed by atoms with van der Waals surface area (Å²) in [7, 11) is 1.76. The van der Waals surface area contributed by atoms with Crippen molar-refractivity contribution in [1.29, 1.82) is 0 Å². The van der Waals surface area contributed by atoms with Crippen LogP contribution in [0.3, 0.4) is 0 Å². The van der Waals surface area contributed by atoms with E-state index in [0.717, 1.165) is 35.9 Å². The van der Waals surface area contributed by atoms with E-state index >= 15 is 0 Å². The maximum absolute atomic E-state index is 11.1. The molecule has 0 saturated heterocycles. The van der Waals surface area contributed by atoms with Crippen molar-refractivity contribution < 1.29 is 9.53 Å². The fourth-order valence-corrected chi connectivity index (χ4v) is 2.76. The molecule has 2 aromatic carbocycles. The molecule has 0 aliphatic carbocycles. The molecule has 1 amide bonds. The number of nitrogens with zero attached hydrogens (tertiary/aromatic N) is 1. The topological polar surface area (TPSA) is 74.8 Å². The van der Waals surface area contributed by atoms with Crippen LogP contribution < -0.4 is 20.7 Å². The fourth-order valence-electron chi connectivity index (χ4n) is 2.76. The van der Waals surface area contributed by atoms with Crippen molar-refractivity contribution in [3.8, 4) is 5.75 Å². The van der Waals surface area contributed by atoms with Gasteiger partial charge in [0.15, 0.2) is 5.96 Å². The van der Waals surface area contributed by atoms with Crippen LogP contribution >= 0.6 is 0 Å². The Morgan fingerprint density at radius 2 is 1.72 bits per heavy atom. The van der Waals surface area contributed by atoms with Gasteiger partial charge in [0.1, 0.15) is 11.4 Å². The third-order valence-electron chi connectivity index (χ3n) is 4.04. The number of hydrogen-bond acceptors (Lipinski definition) is 3. The van der Waals surface area contributed by atoms with Crippen LogP contribution in [0.15, 0.2) is 53.5 Å². The van der Waals surface area contributed by atoms with E-state index in [1.54, 1.807) is 7.05 Å². The Morgan fingerprint density at radius 3 is 2.34 bits per heavy atom. The summed E-state index contributed by atoms with van der Waals surface area (Å²) in [6.45, 7) is 9.00. The first-order chi connectivity index (χ1) is 13.8. The number of ether oxygens (including phenoxy) is 1. The van der Waals surface area contributed by atoms with Gasteiger partial charge in [-0.25, -0.2) is 0 Å². The van der Waals surface area contributed by atoms with Gasteiger partial charge in [0.2, 0.25) is 5.91 Å². The minimum absolute atomic E-state index is 0.0660. The number of amides is 1. The van der Waals surface area contributed by atoms with Crippen molar-refractivity contribution in [2.75, 3.05) is 18.9 Å². The molecule has 0 atom stereocenters. The van der Waals surface area contributed by atoms with E-state index in [-0.39, 0.29) is 11.5 Å². The van der Waals surface area contributed by atoms with Crippen LogP contribution in [-0.4, -0.2) is 31.1 Å². The van der Waals surface area contributed by atoms with Gasteiger partial charge >= 0.3 is 0 Å². The van der Waals surface area contributed by atoms with Gasteiger partial charge in [-0.1, -0.05) is 30.3 Å². The second-order valence-corrected chi connectivity index (χ2v) is 7.80. The molecule has 6 heteroatoms. The summed E-state index contributed by atoms with van der Waals surface area (Å²) in [5.74, 6) is 1.55. The summed E-state index contributed by atoms with van der Waals surface area (Å²) in [5.41, 5.74) is 2.83. The van der Waals surface area contributed by atoms with Crippen LogP contribution in [-0.2, 0) is 17.8 Å². The molecular formula is C23H32N4O2. The highest BCUT2D eigenvalue weighted by Crippen LogP contribution is 2.22. The quantitative estimate of drug-likeness (QED) is 0.492. The molecule has 6 nitrogen and oxygen atoms in total. The Kier molecular flexibility index (Phi) is 8.07. The highest BCUT2D eigenvalue weighted by Gasteiger charge is 2.14. The lowest BCUT2D eigenvalue weighted by atomic mass is 10.1. The Labute approximate surface area is 173 Å². The number of benzene rings is 2. The largest absolute Gasteiger partial charge is 0.488 e. The molecule has 0 heterocycles. The average molecular weight is 397 g/mol. The van der Waals surface area contributed by atoms with Crippen molar-refractivity contribution in [2.45, 2.75) is 46.3 Å². The van der Waals surface area contributed by atoms with Crippen LogP contribution in [0.25, 0.3) is 0 Å². The van der Waals surface area contributed by atoms with E-state index in [9.17, 15) is 4.79 Å². The number of nitrogens with one attached hydrogen (secondary N) is 3. The molecule has 2 rings (SSSR count). The number of anilines is 1. The van der Waals surface area contributed by atoms with E-state index in [2.05, 4.69) is 27.0 Å². The zero-order chi connectivity index (χ0) is 21.3. The second-order valence-electron chi connectivity index (χ2n) is 7.80. The minimum atomic E-state index is -0.245. The molecule has 0 aliphatic heterocycles.